The number of thiophene rings is 1. The van der Waals surface area contributed by atoms with E-state index < -0.39 is 0 Å². The summed E-state index contributed by atoms with van der Waals surface area (Å²) in [6, 6.07) is 70.8. The van der Waals surface area contributed by atoms with Gasteiger partial charge in [0.15, 0.2) is 0 Å². The molecule has 0 radical (unpaired) electrons. The van der Waals surface area contributed by atoms with Gasteiger partial charge in [0.2, 0.25) is 0 Å². The molecule has 248 valence electrons. The predicted octanol–water partition coefficient (Wildman–Crippen LogP) is 14.0. The third kappa shape index (κ3) is 7.11. The van der Waals surface area contributed by atoms with E-state index in [-0.39, 0.29) is 0 Å². The van der Waals surface area contributed by atoms with Crippen molar-refractivity contribution in [3.63, 3.8) is 0 Å². The van der Waals surface area contributed by atoms with E-state index in [2.05, 4.69) is 182 Å². The molecule has 9 rings (SSSR count). The van der Waals surface area contributed by atoms with E-state index >= 15 is 0 Å². The molecular weight excluding hydrogens is 647 g/mol. The normalized spacial score (nSPS) is 10.8. The highest BCUT2D eigenvalue weighted by Gasteiger charge is 2.10. The SMILES string of the molecule is N=Cc1cccc2sc3ccc(-c4ccc(-c5ccc(-c6ccccc6)cc5)cc4)cc3c12.c1ccc(Cc2ccccc2-c2ccccc2)cc1. The van der Waals surface area contributed by atoms with E-state index in [1.807, 2.05) is 18.2 Å². The first kappa shape index (κ1) is 32.8. The Labute approximate surface area is 309 Å². The lowest BCUT2D eigenvalue weighted by molar-refractivity contribution is 1.19. The van der Waals surface area contributed by atoms with Crippen LogP contribution in [0.1, 0.15) is 16.7 Å². The molecule has 0 spiro atoms. The average Bonchev–Trinajstić information content (AvgIpc) is 3.61. The zero-order valence-corrected chi connectivity index (χ0v) is 29.6. The summed E-state index contributed by atoms with van der Waals surface area (Å²) in [4.78, 5) is 0. The standard InChI is InChI=1S/C31H21NS.C19H16/c32-20-27-7-4-8-30-31(27)28-19-26(17-18-29(28)33-30)25-15-13-24(14-16-25)23-11-9-22(10-12-23)21-5-2-1-3-6-21;1-3-9-16(10-4-1)15-18-13-7-8-14-19(18)17-11-5-2-6-12-17/h1-20,32H;1-14H,15H2. The second-order valence-electron chi connectivity index (χ2n) is 12.9. The molecule has 0 amide bonds. The maximum Gasteiger partial charge on any atom is 0.0361 e. The molecule has 0 aliphatic rings. The molecule has 1 heterocycles. The van der Waals surface area contributed by atoms with E-state index in [4.69, 9.17) is 5.41 Å². The molecule has 0 unspecified atom stereocenters. The first-order valence-corrected chi connectivity index (χ1v) is 18.4. The molecule has 0 saturated carbocycles. The number of benzene rings is 8. The van der Waals surface area contributed by atoms with E-state index in [1.165, 1.54) is 82.0 Å². The molecule has 0 aliphatic carbocycles. The second-order valence-corrected chi connectivity index (χ2v) is 14.0. The van der Waals surface area contributed by atoms with Gasteiger partial charge in [-0.2, -0.15) is 0 Å². The minimum atomic E-state index is 0.977. The summed E-state index contributed by atoms with van der Waals surface area (Å²) < 4.78 is 2.50. The summed E-state index contributed by atoms with van der Waals surface area (Å²) in [5.74, 6) is 0. The highest BCUT2D eigenvalue weighted by molar-refractivity contribution is 7.25. The quantitative estimate of drug-likeness (QED) is 0.162. The maximum atomic E-state index is 7.80. The topological polar surface area (TPSA) is 23.9 Å². The van der Waals surface area contributed by atoms with Crippen molar-refractivity contribution >= 4 is 37.7 Å². The van der Waals surface area contributed by atoms with Gasteiger partial charge in [-0.05, 0) is 80.3 Å². The van der Waals surface area contributed by atoms with Crippen molar-refractivity contribution in [3.05, 3.63) is 217 Å². The molecule has 0 atom stereocenters. The van der Waals surface area contributed by atoms with Crippen LogP contribution in [0.3, 0.4) is 0 Å². The van der Waals surface area contributed by atoms with Crippen molar-refractivity contribution in [2.75, 3.05) is 0 Å². The first-order valence-electron chi connectivity index (χ1n) is 17.6. The van der Waals surface area contributed by atoms with Gasteiger partial charge in [0.25, 0.3) is 0 Å². The minimum absolute atomic E-state index is 0.977. The van der Waals surface area contributed by atoms with Gasteiger partial charge in [0, 0.05) is 32.0 Å². The van der Waals surface area contributed by atoms with Gasteiger partial charge in [0.05, 0.1) is 0 Å². The number of rotatable bonds is 7. The van der Waals surface area contributed by atoms with E-state index in [9.17, 15) is 0 Å². The minimum Gasteiger partial charge on any atom is -0.308 e. The molecule has 8 aromatic carbocycles. The van der Waals surface area contributed by atoms with Crippen LogP contribution in [0.2, 0.25) is 0 Å². The van der Waals surface area contributed by atoms with Gasteiger partial charge in [0.1, 0.15) is 0 Å². The molecule has 0 fully saturated rings. The molecule has 1 nitrogen and oxygen atoms in total. The fourth-order valence-corrected chi connectivity index (χ4v) is 8.00. The Hall–Kier alpha value is -6.35. The third-order valence-corrected chi connectivity index (χ3v) is 10.7. The Balaban J connectivity index is 0.000000173. The van der Waals surface area contributed by atoms with Crippen molar-refractivity contribution in [1.82, 2.24) is 0 Å². The molecule has 1 N–H and O–H groups in total. The van der Waals surface area contributed by atoms with Gasteiger partial charge in [-0.3, -0.25) is 0 Å². The third-order valence-electron chi connectivity index (χ3n) is 9.57. The van der Waals surface area contributed by atoms with E-state index in [0.717, 1.165) is 12.0 Å². The highest BCUT2D eigenvalue weighted by atomic mass is 32.1. The fraction of sp³-hybridized carbons (Fsp3) is 0.0200. The van der Waals surface area contributed by atoms with Crippen molar-refractivity contribution in [3.8, 4) is 44.5 Å². The number of fused-ring (bicyclic) bond motifs is 3. The Bertz CT molecular complexity index is 2570. The smallest absolute Gasteiger partial charge is 0.0361 e. The van der Waals surface area contributed by atoms with Crippen molar-refractivity contribution in [2.24, 2.45) is 0 Å². The molecule has 0 aliphatic heterocycles. The van der Waals surface area contributed by atoms with Crippen molar-refractivity contribution in [2.45, 2.75) is 6.42 Å². The predicted molar refractivity (Wildman–Crippen MR) is 225 cm³/mol. The Morgan fingerprint density at radius 2 is 0.904 bits per heavy atom. The zero-order valence-electron chi connectivity index (χ0n) is 28.7. The van der Waals surface area contributed by atoms with E-state index in [0.29, 0.717) is 0 Å². The Morgan fingerprint density at radius 1 is 0.404 bits per heavy atom. The largest absolute Gasteiger partial charge is 0.308 e. The lowest BCUT2D eigenvalue weighted by Gasteiger charge is -2.09. The van der Waals surface area contributed by atoms with Crippen LogP contribution in [0, 0.1) is 5.41 Å². The van der Waals surface area contributed by atoms with Gasteiger partial charge < -0.3 is 5.41 Å². The highest BCUT2D eigenvalue weighted by Crippen LogP contribution is 2.38. The average molecular weight is 684 g/mol. The zero-order chi connectivity index (χ0) is 35.1. The van der Waals surface area contributed by atoms with Gasteiger partial charge in [-0.1, -0.05) is 182 Å². The van der Waals surface area contributed by atoms with Crippen LogP contribution in [0.5, 0.6) is 0 Å². The summed E-state index contributed by atoms with van der Waals surface area (Å²) in [6.07, 6.45) is 2.44. The van der Waals surface area contributed by atoms with Gasteiger partial charge in [-0.25, -0.2) is 0 Å². The summed E-state index contributed by atoms with van der Waals surface area (Å²) in [5, 5.41) is 10.2. The van der Waals surface area contributed by atoms with Crippen LogP contribution in [0.15, 0.2) is 200 Å². The summed E-state index contributed by atoms with van der Waals surface area (Å²) in [7, 11) is 0. The van der Waals surface area contributed by atoms with Crippen LogP contribution < -0.4 is 0 Å². The Morgan fingerprint density at radius 3 is 1.52 bits per heavy atom. The maximum absolute atomic E-state index is 7.80. The summed E-state index contributed by atoms with van der Waals surface area (Å²) >= 11 is 1.79. The van der Waals surface area contributed by atoms with Gasteiger partial charge in [-0.15, -0.1) is 11.3 Å². The van der Waals surface area contributed by atoms with Crippen LogP contribution >= 0.6 is 11.3 Å². The second kappa shape index (κ2) is 15.3. The number of hydrogen-bond donors (Lipinski definition) is 1. The molecule has 9 aromatic rings. The lowest BCUT2D eigenvalue weighted by Crippen LogP contribution is -1.91. The molecule has 0 saturated heterocycles. The van der Waals surface area contributed by atoms with Crippen LogP contribution in [-0.4, -0.2) is 6.21 Å². The van der Waals surface area contributed by atoms with Crippen molar-refractivity contribution < 1.29 is 0 Å². The molecule has 1 aromatic heterocycles. The molecule has 2 heteroatoms. The fourth-order valence-electron chi connectivity index (χ4n) is 6.88. The monoisotopic (exact) mass is 683 g/mol. The number of hydrogen-bond acceptors (Lipinski definition) is 2. The lowest BCUT2D eigenvalue weighted by atomic mass is 9.95. The molecule has 52 heavy (non-hydrogen) atoms. The van der Waals surface area contributed by atoms with Crippen LogP contribution in [0.4, 0.5) is 0 Å². The molecule has 0 bridgehead atoms. The molecular formula is C50H37NS. The first-order chi connectivity index (χ1) is 25.7. The summed E-state index contributed by atoms with van der Waals surface area (Å²) in [5.41, 5.74) is 13.6. The van der Waals surface area contributed by atoms with Crippen LogP contribution in [-0.2, 0) is 6.42 Å². The van der Waals surface area contributed by atoms with E-state index in [1.54, 1.807) is 11.3 Å². The number of nitrogens with one attached hydrogen (secondary N) is 1. The Kier molecular flexibility index (Phi) is 9.64. The van der Waals surface area contributed by atoms with Crippen LogP contribution in [0.25, 0.3) is 64.7 Å². The van der Waals surface area contributed by atoms with Crippen molar-refractivity contribution in [1.29, 1.82) is 5.41 Å². The summed E-state index contributed by atoms with van der Waals surface area (Å²) in [6.45, 7) is 0. The van der Waals surface area contributed by atoms with Gasteiger partial charge >= 0.3 is 0 Å².